The molecule has 1 aliphatic rings. The van der Waals surface area contributed by atoms with Crippen molar-refractivity contribution in [3.8, 4) is 0 Å². The lowest BCUT2D eigenvalue weighted by molar-refractivity contribution is -0.126. The van der Waals surface area contributed by atoms with Gasteiger partial charge in [0.2, 0.25) is 5.91 Å². The summed E-state index contributed by atoms with van der Waals surface area (Å²) in [6, 6.07) is 13.5. The Morgan fingerprint density at radius 2 is 1.92 bits per heavy atom. The van der Waals surface area contributed by atoms with Crippen LogP contribution in [-0.2, 0) is 16.6 Å². The number of nitrogen functional groups attached to an aromatic ring is 1. The zero-order valence-electron chi connectivity index (χ0n) is 14.1. The maximum Gasteiger partial charge on any atom is 0.230 e. The van der Waals surface area contributed by atoms with E-state index in [9.17, 15) is 4.79 Å². The molecule has 1 unspecified atom stereocenters. The van der Waals surface area contributed by atoms with Gasteiger partial charge in [-0.2, -0.15) is 0 Å². The Labute approximate surface area is 148 Å². The first-order chi connectivity index (χ1) is 11.4. The van der Waals surface area contributed by atoms with Gasteiger partial charge in [-0.25, -0.2) is 0 Å². The van der Waals surface area contributed by atoms with Crippen LogP contribution in [0.2, 0.25) is 5.02 Å². The van der Waals surface area contributed by atoms with Gasteiger partial charge in [0.05, 0.1) is 11.5 Å². The maximum absolute atomic E-state index is 12.9. The van der Waals surface area contributed by atoms with E-state index in [0.717, 1.165) is 30.5 Å². The smallest absolute Gasteiger partial charge is 0.230 e. The van der Waals surface area contributed by atoms with Crippen LogP contribution in [0.25, 0.3) is 0 Å². The number of nitrogens with one attached hydrogen (secondary N) is 1. The third-order valence-corrected chi connectivity index (χ3v) is 5.17. The number of halogens is 1. The van der Waals surface area contributed by atoms with Gasteiger partial charge in [-0.05, 0) is 74.1 Å². The fourth-order valence-corrected chi connectivity index (χ4v) is 3.45. The molecule has 3 nitrogen and oxygen atoms in total. The number of benzene rings is 2. The summed E-state index contributed by atoms with van der Waals surface area (Å²) in [7, 11) is 0. The first-order valence-electron chi connectivity index (χ1n) is 8.33. The molecule has 1 atom stereocenters. The van der Waals surface area contributed by atoms with Crippen molar-refractivity contribution in [2.45, 2.75) is 44.6 Å². The molecule has 24 heavy (non-hydrogen) atoms. The molecule has 2 aromatic rings. The molecule has 3 N–H and O–H groups in total. The first-order valence-corrected chi connectivity index (χ1v) is 8.71. The molecular formula is C20H23ClN2O. The van der Waals surface area contributed by atoms with Crippen molar-refractivity contribution in [3.05, 3.63) is 64.2 Å². The van der Waals surface area contributed by atoms with E-state index in [2.05, 4.69) is 5.32 Å². The van der Waals surface area contributed by atoms with E-state index in [1.807, 2.05) is 56.3 Å². The number of rotatable bonds is 3. The number of carbonyl (C=O) groups excluding carboxylic acids is 1. The van der Waals surface area contributed by atoms with Crippen molar-refractivity contribution < 1.29 is 4.79 Å². The number of fused-ring (bicyclic) bond motifs is 1. The zero-order valence-corrected chi connectivity index (χ0v) is 14.9. The van der Waals surface area contributed by atoms with Crippen molar-refractivity contribution in [2.24, 2.45) is 0 Å². The van der Waals surface area contributed by atoms with Gasteiger partial charge >= 0.3 is 0 Å². The zero-order chi connectivity index (χ0) is 17.3. The summed E-state index contributed by atoms with van der Waals surface area (Å²) in [5.74, 6) is 0.0273. The van der Waals surface area contributed by atoms with Crippen LogP contribution in [0.4, 0.5) is 5.69 Å². The highest BCUT2D eigenvalue weighted by molar-refractivity contribution is 6.30. The number of carbonyl (C=O) groups is 1. The molecule has 0 aromatic heterocycles. The maximum atomic E-state index is 12.9. The van der Waals surface area contributed by atoms with Crippen LogP contribution in [-0.4, -0.2) is 5.91 Å². The van der Waals surface area contributed by atoms with Crippen LogP contribution in [0.5, 0.6) is 0 Å². The molecule has 0 heterocycles. The Kier molecular flexibility index (Phi) is 4.55. The molecule has 0 radical (unpaired) electrons. The average Bonchev–Trinajstić information content (AvgIpc) is 2.55. The van der Waals surface area contributed by atoms with Gasteiger partial charge in [-0.1, -0.05) is 29.8 Å². The lowest BCUT2D eigenvalue weighted by atomic mass is 9.82. The third kappa shape index (κ3) is 3.27. The molecule has 0 bridgehead atoms. The SMILES string of the molecule is CC(C)(C(=O)NC1CCCc2cc(N)ccc21)c1ccc(Cl)cc1. The second-order valence-electron chi connectivity index (χ2n) is 7.01. The summed E-state index contributed by atoms with van der Waals surface area (Å²) >= 11 is 5.96. The van der Waals surface area contributed by atoms with Crippen molar-refractivity contribution in [1.82, 2.24) is 5.32 Å². The molecule has 1 amide bonds. The fourth-order valence-electron chi connectivity index (χ4n) is 3.32. The van der Waals surface area contributed by atoms with E-state index >= 15 is 0 Å². The normalized spacial score (nSPS) is 17.2. The second-order valence-corrected chi connectivity index (χ2v) is 7.44. The molecule has 0 saturated heterocycles. The van der Waals surface area contributed by atoms with E-state index < -0.39 is 5.41 Å². The highest BCUT2D eigenvalue weighted by Crippen LogP contribution is 2.33. The quantitative estimate of drug-likeness (QED) is 0.812. The first kappa shape index (κ1) is 16.8. The number of amides is 1. The highest BCUT2D eigenvalue weighted by atomic mass is 35.5. The summed E-state index contributed by atoms with van der Waals surface area (Å²) in [6.07, 6.45) is 3.04. The van der Waals surface area contributed by atoms with E-state index in [1.54, 1.807) is 0 Å². The van der Waals surface area contributed by atoms with Crippen LogP contribution < -0.4 is 11.1 Å². The van der Waals surface area contributed by atoms with Gasteiger partial charge in [0.1, 0.15) is 0 Å². The van der Waals surface area contributed by atoms with Crippen LogP contribution in [0.3, 0.4) is 0 Å². The Morgan fingerprint density at radius 3 is 2.62 bits per heavy atom. The average molecular weight is 343 g/mol. The highest BCUT2D eigenvalue weighted by Gasteiger charge is 2.32. The molecular weight excluding hydrogens is 320 g/mol. The standard InChI is InChI=1S/C20H23ClN2O/c1-20(2,14-6-8-15(21)9-7-14)19(24)23-18-5-3-4-13-12-16(22)10-11-17(13)18/h6-12,18H,3-5,22H2,1-2H3,(H,23,24). The number of hydrogen-bond acceptors (Lipinski definition) is 2. The fraction of sp³-hybridized carbons (Fsp3) is 0.350. The monoisotopic (exact) mass is 342 g/mol. The van der Waals surface area contributed by atoms with Crippen LogP contribution in [0.1, 0.15) is 49.4 Å². The van der Waals surface area contributed by atoms with Gasteiger partial charge in [-0.3, -0.25) is 4.79 Å². The number of aryl methyl sites for hydroxylation is 1. The Morgan fingerprint density at radius 1 is 1.21 bits per heavy atom. The van der Waals surface area contributed by atoms with E-state index in [-0.39, 0.29) is 11.9 Å². The number of nitrogens with two attached hydrogens (primary N) is 1. The number of hydrogen-bond donors (Lipinski definition) is 2. The molecule has 0 saturated carbocycles. The van der Waals surface area contributed by atoms with Crippen LogP contribution in [0.15, 0.2) is 42.5 Å². The molecule has 0 aliphatic heterocycles. The van der Waals surface area contributed by atoms with Crippen molar-refractivity contribution >= 4 is 23.2 Å². The number of anilines is 1. The minimum atomic E-state index is -0.615. The molecule has 2 aromatic carbocycles. The Balaban J connectivity index is 1.81. The van der Waals surface area contributed by atoms with Crippen molar-refractivity contribution in [2.75, 3.05) is 5.73 Å². The van der Waals surface area contributed by atoms with Gasteiger partial charge in [0, 0.05) is 10.7 Å². The molecule has 0 fully saturated rings. The third-order valence-electron chi connectivity index (χ3n) is 4.92. The summed E-state index contributed by atoms with van der Waals surface area (Å²) in [6.45, 7) is 3.89. The van der Waals surface area contributed by atoms with Crippen LogP contribution in [0, 0.1) is 0 Å². The molecule has 4 heteroatoms. The van der Waals surface area contributed by atoms with E-state index in [1.165, 1.54) is 11.1 Å². The van der Waals surface area contributed by atoms with Gasteiger partial charge in [0.25, 0.3) is 0 Å². The van der Waals surface area contributed by atoms with Crippen molar-refractivity contribution in [1.29, 1.82) is 0 Å². The minimum Gasteiger partial charge on any atom is -0.399 e. The largest absolute Gasteiger partial charge is 0.399 e. The lowest BCUT2D eigenvalue weighted by Crippen LogP contribution is -2.42. The predicted octanol–water partition coefficient (Wildman–Crippen LogP) is 4.39. The molecule has 0 spiro atoms. The topological polar surface area (TPSA) is 55.1 Å². The van der Waals surface area contributed by atoms with Crippen molar-refractivity contribution in [3.63, 3.8) is 0 Å². The van der Waals surface area contributed by atoms with Gasteiger partial charge in [-0.15, -0.1) is 0 Å². The van der Waals surface area contributed by atoms with Crippen LogP contribution >= 0.6 is 11.6 Å². The molecule has 3 rings (SSSR count). The molecule has 126 valence electrons. The minimum absolute atomic E-state index is 0.0273. The van der Waals surface area contributed by atoms with E-state index in [4.69, 9.17) is 17.3 Å². The van der Waals surface area contributed by atoms with Gasteiger partial charge in [0.15, 0.2) is 0 Å². The van der Waals surface area contributed by atoms with Gasteiger partial charge < -0.3 is 11.1 Å². The Bertz CT molecular complexity index is 753. The lowest BCUT2D eigenvalue weighted by Gasteiger charge is -2.31. The summed E-state index contributed by atoms with van der Waals surface area (Å²) < 4.78 is 0. The Hall–Kier alpha value is -2.00. The summed E-state index contributed by atoms with van der Waals surface area (Å²) in [4.78, 5) is 12.9. The summed E-state index contributed by atoms with van der Waals surface area (Å²) in [5, 5.41) is 3.91. The molecule has 1 aliphatic carbocycles. The predicted molar refractivity (Wildman–Crippen MR) is 99.2 cm³/mol. The second kappa shape index (κ2) is 6.48. The van der Waals surface area contributed by atoms with E-state index in [0.29, 0.717) is 5.02 Å². The summed E-state index contributed by atoms with van der Waals surface area (Å²) in [5.41, 5.74) is 9.45.